The van der Waals surface area contributed by atoms with E-state index in [1.54, 1.807) is 19.4 Å². The highest BCUT2D eigenvalue weighted by Crippen LogP contribution is 2.43. The van der Waals surface area contributed by atoms with Gasteiger partial charge in [-0.25, -0.2) is 0 Å². The van der Waals surface area contributed by atoms with E-state index in [4.69, 9.17) is 17.0 Å². The fourth-order valence-electron chi connectivity index (χ4n) is 6.25. The van der Waals surface area contributed by atoms with E-state index in [1.165, 1.54) is 0 Å². The number of rotatable bonds is 6. The zero-order valence-corrected chi connectivity index (χ0v) is 23.3. The van der Waals surface area contributed by atoms with Crippen LogP contribution in [0.5, 0.6) is 5.75 Å². The van der Waals surface area contributed by atoms with Gasteiger partial charge in [-0.05, 0) is 91.5 Å². The van der Waals surface area contributed by atoms with Crippen LogP contribution >= 0.6 is 12.2 Å². The zero-order chi connectivity index (χ0) is 29.5. The van der Waals surface area contributed by atoms with Gasteiger partial charge in [-0.3, -0.25) is 9.88 Å². The first-order valence-corrected chi connectivity index (χ1v) is 13.8. The van der Waals surface area contributed by atoms with Gasteiger partial charge in [0, 0.05) is 29.9 Å². The maximum Gasteiger partial charge on any atom is 0.416 e. The smallest absolute Gasteiger partial charge is 0.416 e. The Kier molecular flexibility index (Phi) is 8.08. The lowest BCUT2D eigenvalue weighted by atomic mass is 9.72. The summed E-state index contributed by atoms with van der Waals surface area (Å²) in [6.07, 6.45) is -5.21. The molecule has 2 aromatic carbocycles. The Balaban J connectivity index is 1.51. The van der Waals surface area contributed by atoms with Gasteiger partial charge in [0.15, 0.2) is 5.11 Å². The third-order valence-electron chi connectivity index (χ3n) is 8.29. The van der Waals surface area contributed by atoms with Crippen LogP contribution in [0, 0.1) is 11.8 Å². The quantitative estimate of drug-likeness (QED) is 0.228. The monoisotopic (exact) mass is 596 g/mol. The van der Waals surface area contributed by atoms with Gasteiger partial charge in [-0.2, -0.15) is 26.3 Å². The third-order valence-corrected chi connectivity index (χ3v) is 8.51. The van der Waals surface area contributed by atoms with E-state index in [2.05, 4.69) is 27.4 Å². The molecule has 6 rings (SSSR count). The Morgan fingerprint density at radius 1 is 1.07 bits per heavy atom. The number of nitrogens with zero attached hydrogens (tertiary/aromatic N) is 2. The molecule has 0 saturated carbocycles. The standard InChI is InChI=1S/C29H30F6N4OS/c1-3-16-15-39-9-7-17(16)10-25(39)26(22-6-8-36-24-5-4-21(40-2)14-23(22)24)38-27(41)37-20-12-18(28(30,31)32)11-19(13-20)29(33,34)35/h4-6,8,11-14,16-17,25-26H,3,7,9-10,15H2,1-2H3,(H2,37,38,41)/t16?,17?,25-,26-/m1/s1. The predicted octanol–water partition coefficient (Wildman–Crippen LogP) is 7.43. The van der Waals surface area contributed by atoms with Crippen LogP contribution in [0.15, 0.2) is 48.7 Å². The number of hydrogen-bond acceptors (Lipinski definition) is 4. The summed E-state index contributed by atoms with van der Waals surface area (Å²) in [4.78, 5) is 6.88. The first-order valence-electron chi connectivity index (χ1n) is 13.4. The van der Waals surface area contributed by atoms with Crippen molar-refractivity contribution in [1.29, 1.82) is 0 Å². The number of thiocarbonyl (C=S) groups is 1. The number of methoxy groups -OCH3 is 1. The third kappa shape index (κ3) is 6.23. The van der Waals surface area contributed by atoms with Crippen LogP contribution < -0.4 is 15.4 Å². The number of pyridine rings is 1. The number of halogens is 6. The number of anilines is 1. The topological polar surface area (TPSA) is 49.4 Å². The van der Waals surface area contributed by atoms with Gasteiger partial charge < -0.3 is 15.4 Å². The number of alkyl halides is 6. The Morgan fingerprint density at radius 2 is 1.78 bits per heavy atom. The molecule has 5 atom stereocenters. The van der Waals surface area contributed by atoms with Gasteiger partial charge in [0.1, 0.15) is 5.75 Å². The molecular weight excluding hydrogens is 566 g/mol. The molecule has 3 aliphatic heterocycles. The maximum atomic E-state index is 13.4. The molecule has 3 aromatic rings. The molecule has 2 bridgehead atoms. The predicted molar refractivity (Wildman–Crippen MR) is 149 cm³/mol. The van der Waals surface area contributed by atoms with Crippen molar-refractivity contribution in [2.24, 2.45) is 11.8 Å². The van der Waals surface area contributed by atoms with E-state index in [0.29, 0.717) is 29.7 Å². The molecule has 5 nitrogen and oxygen atoms in total. The largest absolute Gasteiger partial charge is 0.497 e. The molecule has 0 spiro atoms. The zero-order valence-electron chi connectivity index (χ0n) is 22.4. The van der Waals surface area contributed by atoms with Crippen molar-refractivity contribution >= 4 is 33.9 Å². The molecule has 0 aliphatic carbocycles. The fraction of sp³-hybridized carbons (Fsp3) is 0.448. The lowest BCUT2D eigenvalue weighted by Crippen LogP contribution is -2.58. The van der Waals surface area contributed by atoms with Crippen molar-refractivity contribution in [2.45, 2.75) is 50.6 Å². The highest BCUT2D eigenvalue weighted by molar-refractivity contribution is 7.80. The molecule has 0 radical (unpaired) electrons. The SMILES string of the molecule is CCC1CN2CCC1C[C@@H]2[C@H](NC(=S)Nc1cc(C(F)(F)F)cc(C(F)(F)F)c1)c1ccnc2ccc(OC)cc12. The molecule has 3 aliphatic rings. The van der Waals surface area contributed by atoms with E-state index in [0.717, 1.165) is 48.8 Å². The van der Waals surface area contributed by atoms with Crippen LogP contribution in [0.2, 0.25) is 0 Å². The van der Waals surface area contributed by atoms with Crippen molar-refractivity contribution in [1.82, 2.24) is 15.2 Å². The first-order chi connectivity index (χ1) is 19.4. The first kappa shape index (κ1) is 29.4. The van der Waals surface area contributed by atoms with E-state index in [9.17, 15) is 26.3 Å². The Morgan fingerprint density at radius 3 is 2.37 bits per heavy atom. The second kappa shape index (κ2) is 11.3. The molecule has 12 heteroatoms. The lowest BCUT2D eigenvalue weighted by molar-refractivity contribution is -0.143. The number of aromatic nitrogens is 1. The summed E-state index contributed by atoms with van der Waals surface area (Å²) >= 11 is 5.51. The summed E-state index contributed by atoms with van der Waals surface area (Å²) in [6.45, 7) is 4.00. The average molecular weight is 597 g/mol. The van der Waals surface area contributed by atoms with Crippen LogP contribution in [0.4, 0.5) is 32.0 Å². The second-order valence-electron chi connectivity index (χ2n) is 10.7. The maximum absolute atomic E-state index is 13.4. The highest BCUT2D eigenvalue weighted by Gasteiger charge is 2.43. The number of fused-ring (bicyclic) bond motifs is 4. The molecule has 41 heavy (non-hydrogen) atoms. The Hall–Kier alpha value is -3.12. The van der Waals surface area contributed by atoms with Gasteiger partial charge >= 0.3 is 12.4 Å². The van der Waals surface area contributed by atoms with Crippen LogP contribution in [0.1, 0.15) is 48.9 Å². The summed E-state index contributed by atoms with van der Waals surface area (Å²) < 4.78 is 86.1. The van der Waals surface area contributed by atoms with Crippen LogP contribution in [0.25, 0.3) is 10.9 Å². The van der Waals surface area contributed by atoms with E-state index in [1.807, 2.05) is 18.2 Å². The number of piperidine rings is 3. The van der Waals surface area contributed by atoms with Gasteiger partial charge in [-0.1, -0.05) is 13.3 Å². The summed E-state index contributed by atoms with van der Waals surface area (Å²) in [5.74, 6) is 1.72. The van der Waals surface area contributed by atoms with Crippen molar-refractivity contribution in [2.75, 3.05) is 25.5 Å². The van der Waals surface area contributed by atoms with Crippen LogP contribution in [-0.4, -0.2) is 41.2 Å². The van der Waals surface area contributed by atoms with E-state index >= 15 is 0 Å². The molecule has 220 valence electrons. The van der Waals surface area contributed by atoms with E-state index in [-0.39, 0.29) is 17.2 Å². The Labute approximate surface area is 239 Å². The average Bonchev–Trinajstić information content (AvgIpc) is 2.94. The minimum Gasteiger partial charge on any atom is -0.497 e. The summed E-state index contributed by atoms with van der Waals surface area (Å²) in [5, 5.41) is 6.61. The lowest BCUT2D eigenvalue weighted by Gasteiger charge is -2.52. The number of nitrogens with one attached hydrogen (secondary N) is 2. The molecule has 3 saturated heterocycles. The van der Waals surface area contributed by atoms with E-state index < -0.39 is 35.2 Å². The minimum atomic E-state index is -4.96. The molecule has 0 amide bonds. The number of benzene rings is 2. The molecule has 2 N–H and O–H groups in total. The van der Waals surface area contributed by atoms with Crippen LogP contribution in [-0.2, 0) is 12.4 Å². The van der Waals surface area contributed by atoms with Crippen molar-refractivity contribution in [3.05, 3.63) is 65.4 Å². The molecular formula is C29H30F6N4OS. The van der Waals surface area contributed by atoms with Gasteiger partial charge in [-0.15, -0.1) is 0 Å². The van der Waals surface area contributed by atoms with Gasteiger partial charge in [0.05, 0.1) is 29.8 Å². The van der Waals surface area contributed by atoms with Crippen molar-refractivity contribution in [3.63, 3.8) is 0 Å². The van der Waals surface area contributed by atoms with Crippen LogP contribution in [0.3, 0.4) is 0 Å². The summed E-state index contributed by atoms with van der Waals surface area (Å²) in [7, 11) is 1.56. The number of ether oxygens (including phenoxy) is 1. The summed E-state index contributed by atoms with van der Waals surface area (Å²) in [5.41, 5.74) is -1.64. The fourth-order valence-corrected chi connectivity index (χ4v) is 6.50. The molecule has 1 aromatic heterocycles. The van der Waals surface area contributed by atoms with Gasteiger partial charge in [0.25, 0.3) is 0 Å². The number of hydrogen-bond donors (Lipinski definition) is 2. The van der Waals surface area contributed by atoms with Crippen molar-refractivity contribution < 1.29 is 31.1 Å². The molecule has 4 heterocycles. The minimum absolute atomic E-state index is 0.000321. The normalized spacial score (nSPS) is 23.3. The second-order valence-corrected chi connectivity index (χ2v) is 11.1. The highest BCUT2D eigenvalue weighted by atomic mass is 32.1. The van der Waals surface area contributed by atoms with Crippen molar-refractivity contribution in [3.8, 4) is 5.75 Å². The molecule has 3 unspecified atom stereocenters. The van der Waals surface area contributed by atoms with Gasteiger partial charge in [0.2, 0.25) is 0 Å². The summed E-state index contributed by atoms with van der Waals surface area (Å²) in [6, 6.07) is 8.32. The Bertz CT molecular complexity index is 1400. The molecule has 3 fully saturated rings.